The smallest absolute Gasteiger partial charge is 0.305 e. The number of rotatable bonds is 6. The van der Waals surface area contributed by atoms with Crippen molar-refractivity contribution in [2.75, 3.05) is 19.8 Å². The molecule has 1 aromatic rings. The zero-order chi connectivity index (χ0) is 18.5. The second kappa shape index (κ2) is 7.87. The number of carbonyl (C=O) groups is 2. The van der Waals surface area contributed by atoms with Gasteiger partial charge in [-0.2, -0.15) is 0 Å². The van der Waals surface area contributed by atoms with Gasteiger partial charge in [0.1, 0.15) is 5.75 Å². The summed E-state index contributed by atoms with van der Waals surface area (Å²) >= 11 is 0. The van der Waals surface area contributed by atoms with Gasteiger partial charge in [-0.1, -0.05) is 39.0 Å². The van der Waals surface area contributed by atoms with Gasteiger partial charge in [-0.25, -0.2) is 0 Å². The van der Waals surface area contributed by atoms with Crippen LogP contribution in [0.15, 0.2) is 24.3 Å². The number of ether oxygens (including phenoxy) is 2. The molecular weight excluding hydrogens is 322 g/mol. The van der Waals surface area contributed by atoms with E-state index in [0.29, 0.717) is 31.8 Å². The van der Waals surface area contributed by atoms with Gasteiger partial charge in [0.05, 0.1) is 12.0 Å². The van der Waals surface area contributed by atoms with Gasteiger partial charge in [-0.3, -0.25) is 9.59 Å². The van der Waals surface area contributed by atoms with Crippen LogP contribution < -0.4 is 10.1 Å². The minimum atomic E-state index is -0.929. The van der Waals surface area contributed by atoms with E-state index in [0.717, 1.165) is 5.56 Å². The Morgan fingerprint density at radius 2 is 1.88 bits per heavy atom. The number of benzene rings is 1. The van der Waals surface area contributed by atoms with Crippen molar-refractivity contribution in [3.8, 4) is 5.75 Å². The van der Waals surface area contributed by atoms with Crippen molar-refractivity contribution in [3.05, 3.63) is 29.8 Å². The van der Waals surface area contributed by atoms with Crippen molar-refractivity contribution in [1.29, 1.82) is 0 Å². The molecule has 1 saturated heterocycles. The lowest BCUT2D eigenvalue weighted by Crippen LogP contribution is -2.54. The molecule has 1 aliphatic rings. The molecule has 0 bridgehead atoms. The van der Waals surface area contributed by atoms with Crippen LogP contribution in [0.1, 0.15) is 45.6 Å². The first-order valence-corrected chi connectivity index (χ1v) is 8.55. The molecule has 2 rings (SSSR count). The number of carboxylic acid groups (broad SMARTS) is 1. The Morgan fingerprint density at radius 1 is 1.24 bits per heavy atom. The van der Waals surface area contributed by atoms with Crippen molar-refractivity contribution in [1.82, 2.24) is 5.32 Å². The molecule has 0 atom stereocenters. The van der Waals surface area contributed by atoms with Crippen molar-refractivity contribution < 1.29 is 24.2 Å². The number of hydrogen-bond acceptors (Lipinski definition) is 4. The van der Waals surface area contributed by atoms with Crippen molar-refractivity contribution in [2.24, 2.45) is 0 Å². The first kappa shape index (κ1) is 19.2. The lowest BCUT2D eigenvalue weighted by Gasteiger charge is -2.36. The summed E-state index contributed by atoms with van der Waals surface area (Å²) in [6, 6.07) is 7.64. The van der Waals surface area contributed by atoms with E-state index in [9.17, 15) is 9.59 Å². The molecule has 0 aromatic heterocycles. The SMILES string of the molecule is CC(C)(C)c1ccccc1OCC(=O)NC1(CC(=O)O)CCOCC1. The summed E-state index contributed by atoms with van der Waals surface area (Å²) < 4.78 is 11.0. The van der Waals surface area contributed by atoms with Crippen LogP contribution in [0.5, 0.6) is 5.75 Å². The van der Waals surface area contributed by atoms with E-state index in [-0.39, 0.29) is 24.3 Å². The van der Waals surface area contributed by atoms with E-state index in [1.165, 1.54) is 0 Å². The van der Waals surface area contributed by atoms with Gasteiger partial charge in [0, 0.05) is 13.2 Å². The first-order chi connectivity index (χ1) is 11.7. The summed E-state index contributed by atoms with van der Waals surface area (Å²) in [5.74, 6) is -0.572. The summed E-state index contributed by atoms with van der Waals surface area (Å²) in [7, 11) is 0. The van der Waals surface area contributed by atoms with Crippen LogP contribution in [-0.2, 0) is 19.7 Å². The largest absolute Gasteiger partial charge is 0.483 e. The third kappa shape index (κ3) is 5.46. The molecule has 1 aromatic carbocycles. The molecule has 1 aliphatic heterocycles. The molecule has 1 fully saturated rings. The molecule has 6 nitrogen and oxygen atoms in total. The highest BCUT2D eigenvalue weighted by Gasteiger charge is 2.36. The van der Waals surface area contributed by atoms with Gasteiger partial charge in [-0.15, -0.1) is 0 Å². The number of nitrogens with one attached hydrogen (secondary N) is 1. The Labute approximate surface area is 148 Å². The average Bonchev–Trinajstić information content (AvgIpc) is 2.52. The van der Waals surface area contributed by atoms with Crippen LogP contribution in [-0.4, -0.2) is 42.3 Å². The lowest BCUT2D eigenvalue weighted by molar-refractivity contribution is -0.140. The Bertz CT molecular complexity index is 614. The van der Waals surface area contributed by atoms with Gasteiger partial charge in [0.2, 0.25) is 0 Å². The predicted octanol–water partition coefficient (Wildman–Crippen LogP) is 2.50. The lowest BCUT2D eigenvalue weighted by atomic mass is 9.86. The zero-order valence-corrected chi connectivity index (χ0v) is 15.1. The average molecular weight is 349 g/mol. The van der Waals surface area contributed by atoms with Crippen molar-refractivity contribution >= 4 is 11.9 Å². The summed E-state index contributed by atoms with van der Waals surface area (Å²) in [5, 5.41) is 12.0. The summed E-state index contributed by atoms with van der Waals surface area (Å²) in [6.45, 7) is 7.00. The summed E-state index contributed by atoms with van der Waals surface area (Å²) in [4.78, 5) is 23.5. The summed E-state index contributed by atoms with van der Waals surface area (Å²) in [6.07, 6.45) is 0.869. The molecule has 0 unspecified atom stereocenters. The standard InChI is InChI=1S/C19H27NO5/c1-18(2,3)14-6-4-5-7-15(14)25-13-16(21)20-19(12-17(22)23)8-10-24-11-9-19/h4-7H,8-13H2,1-3H3,(H,20,21)(H,22,23). The maximum atomic E-state index is 12.4. The number of para-hydroxylation sites is 1. The van der Waals surface area contributed by atoms with Gasteiger partial charge in [-0.05, 0) is 29.9 Å². The second-order valence-electron chi connectivity index (χ2n) is 7.55. The van der Waals surface area contributed by atoms with Crippen LogP contribution in [0.25, 0.3) is 0 Å². The minimum Gasteiger partial charge on any atom is -0.483 e. The van der Waals surface area contributed by atoms with Crippen LogP contribution >= 0.6 is 0 Å². The Balaban J connectivity index is 2.01. The summed E-state index contributed by atoms with van der Waals surface area (Å²) in [5.41, 5.74) is 0.168. The van der Waals surface area contributed by atoms with Crippen LogP contribution in [0.3, 0.4) is 0 Å². The molecule has 138 valence electrons. The van der Waals surface area contributed by atoms with Gasteiger partial charge < -0.3 is 19.9 Å². The molecule has 25 heavy (non-hydrogen) atoms. The normalized spacial score (nSPS) is 16.9. The zero-order valence-electron chi connectivity index (χ0n) is 15.1. The number of aliphatic carboxylic acids is 1. The Hall–Kier alpha value is -2.08. The highest BCUT2D eigenvalue weighted by Crippen LogP contribution is 2.31. The molecule has 1 amide bonds. The fourth-order valence-corrected chi connectivity index (χ4v) is 3.08. The van der Waals surface area contributed by atoms with E-state index in [2.05, 4.69) is 26.1 Å². The van der Waals surface area contributed by atoms with Crippen LogP contribution in [0.2, 0.25) is 0 Å². The number of carbonyl (C=O) groups excluding carboxylic acids is 1. The molecule has 0 saturated carbocycles. The van der Waals surface area contributed by atoms with E-state index in [1.54, 1.807) is 0 Å². The number of carboxylic acids is 1. The fourth-order valence-electron chi connectivity index (χ4n) is 3.08. The quantitative estimate of drug-likeness (QED) is 0.824. The topological polar surface area (TPSA) is 84.9 Å². The van der Waals surface area contributed by atoms with Gasteiger partial charge >= 0.3 is 5.97 Å². The number of amides is 1. The van der Waals surface area contributed by atoms with Crippen LogP contribution in [0.4, 0.5) is 0 Å². The molecular formula is C19H27NO5. The third-order valence-corrected chi connectivity index (χ3v) is 4.40. The first-order valence-electron chi connectivity index (χ1n) is 8.55. The maximum Gasteiger partial charge on any atom is 0.305 e. The molecule has 1 heterocycles. The molecule has 0 aliphatic carbocycles. The predicted molar refractivity (Wildman–Crippen MR) is 93.8 cm³/mol. The molecule has 2 N–H and O–H groups in total. The molecule has 0 radical (unpaired) electrons. The Kier molecular flexibility index (Phi) is 6.06. The van der Waals surface area contributed by atoms with E-state index in [4.69, 9.17) is 14.6 Å². The van der Waals surface area contributed by atoms with Crippen molar-refractivity contribution in [2.45, 2.75) is 51.0 Å². The van der Waals surface area contributed by atoms with Crippen LogP contribution in [0, 0.1) is 0 Å². The highest BCUT2D eigenvalue weighted by molar-refractivity contribution is 5.79. The van der Waals surface area contributed by atoms with Gasteiger partial charge in [0.15, 0.2) is 6.61 Å². The minimum absolute atomic E-state index is 0.0989. The Morgan fingerprint density at radius 3 is 2.48 bits per heavy atom. The maximum absolute atomic E-state index is 12.4. The van der Waals surface area contributed by atoms with E-state index >= 15 is 0 Å². The molecule has 0 spiro atoms. The third-order valence-electron chi connectivity index (χ3n) is 4.40. The van der Waals surface area contributed by atoms with Gasteiger partial charge in [0.25, 0.3) is 5.91 Å². The van der Waals surface area contributed by atoms with E-state index in [1.807, 2.05) is 24.3 Å². The van der Waals surface area contributed by atoms with Crippen molar-refractivity contribution in [3.63, 3.8) is 0 Å². The highest BCUT2D eigenvalue weighted by atomic mass is 16.5. The second-order valence-corrected chi connectivity index (χ2v) is 7.55. The molecule has 6 heteroatoms. The van der Waals surface area contributed by atoms with E-state index < -0.39 is 11.5 Å². The number of hydrogen-bond donors (Lipinski definition) is 2. The fraction of sp³-hybridized carbons (Fsp3) is 0.579. The monoisotopic (exact) mass is 349 g/mol.